The molecule has 0 aliphatic heterocycles. The minimum absolute atomic E-state index is 0.0240. The number of nitro benzene ring substituents is 1. The number of nitrogens with zero attached hydrogens (tertiary/aromatic N) is 3. The van der Waals surface area contributed by atoms with Crippen LogP contribution in [0.3, 0.4) is 0 Å². The maximum Gasteiger partial charge on any atom is 0.298 e. The van der Waals surface area contributed by atoms with E-state index in [9.17, 15) is 15.2 Å². The van der Waals surface area contributed by atoms with E-state index >= 15 is 0 Å². The lowest BCUT2D eigenvalue weighted by Gasteiger charge is -2.26. The van der Waals surface area contributed by atoms with E-state index in [1.807, 2.05) is 26.8 Å². The third kappa shape index (κ3) is 4.83. The third-order valence-corrected chi connectivity index (χ3v) is 4.40. The molecule has 7 heteroatoms. The Bertz CT molecular complexity index is 910. The molecule has 2 aromatic rings. The zero-order valence-electron chi connectivity index (χ0n) is 16.4. The van der Waals surface area contributed by atoms with E-state index < -0.39 is 4.92 Å². The highest BCUT2D eigenvalue weighted by Gasteiger charge is 2.25. The van der Waals surface area contributed by atoms with Crippen molar-refractivity contribution >= 4 is 28.7 Å². The first-order chi connectivity index (χ1) is 12.3. The molecule has 0 saturated carbocycles. The van der Waals surface area contributed by atoms with Gasteiger partial charge in [-0.2, -0.15) is 0 Å². The van der Waals surface area contributed by atoms with Crippen molar-refractivity contribution in [2.75, 3.05) is 0 Å². The van der Waals surface area contributed by atoms with Crippen molar-refractivity contribution < 1.29 is 10.0 Å². The first-order valence-electron chi connectivity index (χ1n) is 8.54. The Balaban J connectivity index is 2.63. The predicted octanol–water partition coefficient (Wildman–Crippen LogP) is 6.96. The fourth-order valence-electron chi connectivity index (χ4n) is 2.54. The monoisotopic (exact) mass is 389 g/mol. The Morgan fingerprint density at radius 1 is 0.963 bits per heavy atom. The van der Waals surface area contributed by atoms with Crippen LogP contribution < -0.4 is 0 Å². The van der Waals surface area contributed by atoms with Crippen LogP contribution in [0.5, 0.6) is 5.75 Å². The van der Waals surface area contributed by atoms with E-state index in [0.717, 1.165) is 11.1 Å². The van der Waals surface area contributed by atoms with Crippen LogP contribution in [0, 0.1) is 10.1 Å². The molecule has 0 unspecified atom stereocenters. The van der Waals surface area contributed by atoms with Gasteiger partial charge in [0.1, 0.15) is 11.4 Å². The molecule has 0 spiro atoms. The fraction of sp³-hybridized carbons (Fsp3) is 0.400. The maximum absolute atomic E-state index is 11.2. The lowest BCUT2D eigenvalue weighted by molar-refractivity contribution is -0.384. The van der Waals surface area contributed by atoms with Gasteiger partial charge in [0.2, 0.25) is 0 Å². The summed E-state index contributed by atoms with van der Waals surface area (Å²) in [5.41, 5.74) is 1.37. The summed E-state index contributed by atoms with van der Waals surface area (Å²) < 4.78 is 0. The first kappa shape index (κ1) is 20.8. The highest BCUT2D eigenvalue weighted by molar-refractivity contribution is 6.30. The van der Waals surface area contributed by atoms with Gasteiger partial charge in [-0.15, -0.1) is 10.2 Å². The summed E-state index contributed by atoms with van der Waals surface area (Å²) in [6, 6.07) is 7.89. The molecule has 27 heavy (non-hydrogen) atoms. The van der Waals surface area contributed by atoms with Crippen LogP contribution in [-0.2, 0) is 10.8 Å². The summed E-state index contributed by atoms with van der Waals surface area (Å²) in [5, 5.41) is 30.3. The Morgan fingerprint density at radius 2 is 1.56 bits per heavy atom. The Labute approximate surface area is 164 Å². The van der Waals surface area contributed by atoms with Gasteiger partial charge in [0, 0.05) is 16.7 Å². The van der Waals surface area contributed by atoms with Gasteiger partial charge in [-0.3, -0.25) is 10.1 Å². The molecule has 6 nitrogen and oxygen atoms in total. The molecule has 2 rings (SSSR count). The highest BCUT2D eigenvalue weighted by atomic mass is 35.5. The molecule has 0 radical (unpaired) electrons. The minimum atomic E-state index is -0.563. The topological polar surface area (TPSA) is 88.1 Å². The Morgan fingerprint density at radius 3 is 2.07 bits per heavy atom. The molecule has 0 fully saturated rings. The van der Waals surface area contributed by atoms with Crippen molar-refractivity contribution in [2.24, 2.45) is 10.2 Å². The highest BCUT2D eigenvalue weighted by Crippen LogP contribution is 2.42. The summed E-state index contributed by atoms with van der Waals surface area (Å²) in [7, 11) is 0. The zero-order chi connectivity index (χ0) is 20.6. The summed E-state index contributed by atoms with van der Waals surface area (Å²) >= 11 is 5.83. The van der Waals surface area contributed by atoms with Crippen LogP contribution in [0.4, 0.5) is 17.1 Å². The van der Waals surface area contributed by atoms with Crippen molar-refractivity contribution in [1.29, 1.82) is 0 Å². The number of azo groups is 1. The Kier molecular flexibility index (Phi) is 5.61. The average molecular weight is 390 g/mol. The van der Waals surface area contributed by atoms with E-state index in [1.165, 1.54) is 18.2 Å². The second-order valence-corrected chi connectivity index (χ2v) is 8.92. The van der Waals surface area contributed by atoms with E-state index in [2.05, 4.69) is 31.0 Å². The van der Waals surface area contributed by atoms with Gasteiger partial charge in [0.25, 0.3) is 5.69 Å². The van der Waals surface area contributed by atoms with Gasteiger partial charge in [-0.1, -0.05) is 59.2 Å². The molecule has 0 heterocycles. The van der Waals surface area contributed by atoms with Crippen LogP contribution in [0.2, 0.25) is 5.02 Å². The molecule has 0 aliphatic carbocycles. The van der Waals surface area contributed by atoms with E-state index in [4.69, 9.17) is 11.6 Å². The van der Waals surface area contributed by atoms with Crippen LogP contribution >= 0.6 is 11.6 Å². The van der Waals surface area contributed by atoms with Crippen LogP contribution in [0.15, 0.2) is 40.6 Å². The number of phenols is 1. The smallest absolute Gasteiger partial charge is 0.298 e. The summed E-state index contributed by atoms with van der Waals surface area (Å²) in [6.07, 6.45) is 0. The summed E-state index contributed by atoms with van der Waals surface area (Å²) in [5.74, 6) is 0.0240. The maximum atomic E-state index is 11.2. The largest absolute Gasteiger partial charge is 0.505 e. The molecular formula is C20H24ClN3O3. The molecule has 0 amide bonds. The number of benzene rings is 2. The van der Waals surface area contributed by atoms with Crippen molar-refractivity contribution in [3.63, 3.8) is 0 Å². The van der Waals surface area contributed by atoms with Crippen molar-refractivity contribution in [2.45, 2.75) is 52.4 Å². The Hall–Kier alpha value is -2.47. The molecule has 1 N–H and O–H groups in total. The van der Waals surface area contributed by atoms with E-state index in [0.29, 0.717) is 0 Å². The molecule has 2 aromatic carbocycles. The van der Waals surface area contributed by atoms with Gasteiger partial charge in [-0.05, 0) is 34.6 Å². The SMILES string of the molecule is CC(C)(C)c1cc(/N=N/c2ccc(Cl)cc2[N+](=O)[O-])c(O)c(C(C)(C)C)c1. The molecule has 0 aliphatic rings. The third-order valence-electron chi connectivity index (χ3n) is 4.16. The van der Waals surface area contributed by atoms with Crippen molar-refractivity contribution in [3.05, 3.63) is 56.6 Å². The second-order valence-electron chi connectivity index (χ2n) is 8.48. The number of aromatic hydroxyl groups is 1. The normalized spacial score (nSPS) is 12.6. The van der Waals surface area contributed by atoms with Gasteiger partial charge < -0.3 is 5.11 Å². The van der Waals surface area contributed by atoms with Gasteiger partial charge in [0.05, 0.1) is 4.92 Å². The van der Waals surface area contributed by atoms with E-state index in [1.54, 1.807) is 6.07 Å². The molecule has 0 atom stereocenters. The number of hydrogen-bond donors (Lipinski definition) is 1. The molecule has 0 saturated heterocycles. The van der Waals surface area contributed by atoms with Gasteiger partial charge in [0.15, 0.2) is 5.69 Å². The predicted molar refractivity (Wildman–Crippen MR) is 108 cm³/mol. The minimum Gasteiger partial charge on any atom is -0.505 e. The zero-order valence-corrected chi connectivity index (χ0v) is 17.1. The molecule has 144 valence electrons. The number of nitro groups is 1. The fourth-order valence-corrected chi connectivity index (χ4v) is 2.70. The molecule has 0 bridgehead atoms. The quantitative estimate of drug-likeness (QED) is 0.349. The van der Waals surface area contributed by atoms with Crippen molar-refractivity contribution in [3.8, 4) is 5.75 Å². The number of rotatable bonds is 3. The second kappa shape index (κ2) is 7.27. The number of halogens is 1. The molecule has 0 aromatic heterocycles. The van der Waals surface area contributed by atoms with Crippen LogP contribution in [0.25, 0.3) is 0 Å². The van der Waals surface area contributed by atoms with Gasteiger partial charge in [-0.25, -0.2) is 0 Å². The number of phenolic OH excluding ortho intramolecular Hbond substituents is 1. The summed E-state index contributed by atoms with van der Waals surface area (Å²) in [4.78, 5) is 10.7. The lowest BCUT2D eigenvalue weighted by Crippen LogP contribution is -2.16. The average Bonchev–Trinajstić information content (AvgIpc) is 2.52. The molecular weight excluding hydrogens is 366 g/mol. The number of hydrogen-bond acceptors (Lipinski definition) is 5. The summed E-state index contributed by atoms with van der Waals surface area (Å²) in [6.45, 7) is 12.2. The van der Waals surface area contributed by atoms with Crippen LogP contribution in [0.1, 0.15) is 52.7 Å². The van der Waals surface area contributed by atoms with Crippen LogP contribution in [-0.4, -0.2) is 10.0 Å². The lowest BCUT2D eigenvalue weighted by atomic mass is 9.80. The van der Waals surface area contributed by atoms with E-state index in [-0.39, 0.29) is 38.7 Å². The first-order valence-corrected chi connectivity index (χ1v) is 8.92. The standard InChI is InChI=1S/C20H24ClN3O3/c1-19(2,3)12-9-14(20(4,5)6)18(25)16(10-12)23-22-15-8-7-13(21)11-17(15)24(26)27/h7-11,25H,1-6H3/b23-22+. The van der Waals surface area contributed by atoms with Crippen molar-refractivity contribution in [1.82, 2.24) is 0 Å². The van der Waals surface area contributed by atoms with Gasteiger partial charge >= 0.3 is 0 Å².